The van der Waals surface area contributed by atoms with E-state index in [1.54, 1.807) is 0 Å². The number of hydrogen-bond donors (Lipinski definition) is 0. The number of hydrogen-bond acceptors (Lipinski definition) is 3. The molecule has 0 atom stereocenters. The van der Waals surface area contributed by atoms with Crippen LogP contribution >= 0.6 is 0 Å². The Bertz CT molecular complexity index is 735. The van der Waals surface area contributed by atoms with Crippen molar-refractivity contribution >= 4 is 0 Å². The van der Waals surface area contributed by atoms with Crippen LogP contribution in [0.4, 0.5) is 0 Å². The summed E-state index contributed by atoms with van der Waals surface area (Å²) >= 11 is 0. The minimum atomic E-state index is 0.0697. The predicted molar refractivity (Wildman–Crippen MR) is 104 cm³/mol. The van der Waals surface area contributed by atoms with Crippen LogP contribution in [0, 0.1) is 0 Å². The molecule has 5 rings (SSSR count). The van der Waals surface area contributed by atoms with Crippen molar-refractivity contribution in [2.24, 2.45) is 0 Å². The van der Waals surface area contributed by atoms with Gasteiger partial charge < -0.3 is 4.74 Å². The Kier molecular flexibility index (Phi) is 4.11. The second-order valence-corrected chi connectivity index (χ2v) is 8.55. The summed E-state index contributed by atoms with van der Waals surface area (Å²) in [5.74, 6) is 0. The molecule has 2 spiro atoms. The fourth-order valence-corrected chi connectivity index (χ4v) is 4.77. The molecule has 0 aromatic heterocycles. The molecule has 26 heavy (non-hydrogen) atoms. The van der Waals surface area contributed by atoms with Crippen molar-refractivity contribution in [3.63, 3.8) is 0 Å². The molecule has 1 aliphatic carbocycles. The Hall–Kier alpha value is -1.68. The second-order valence-electron chi connectivity index (χ2n) is 8.55. The molecule has 0 radical (unpaired) electrons. The van der Waals surface area contributed by atoms with Crippen LogP contribution in [0.25, 0.3) is 0 Å². The van der Waals surface area contributed by atoms with Gasteiger partial charge in [-0.2, -0.15) is 0 Å². The topological polar surface area (TPSA) is 15.7 Å². The first-order chi connectivity index (χ1) is 12.7. The maximum absolute atomic E-state index is 6.68. The Labute approximate surface area is 156 Å². The van der Waals surface area contributed by atoms with Crippen molar-refractivity contribution < 1.29 is 4.74 Å². The summed E-state index contributed by atoms with van der Waals surface area (Å²) < 4.78 is 6.68. The van der Waals surface area contributed by atoms with Gasteiger partial charge in [0.15, 0.2) is 0 Å². The zero-order valence-electron chi connectivity index (χ0n) is 15.4. The second kappa shape index (κ2) is 6.49. The summed E-state index contributed by atoms with van der Waals surface area (Å²) in [6.07, 6.45) is 3.61. The molecule has 0 N–H and O–H groups in total. The van der Waals surface area contributed by atoms with Crippen molar-refractivity contribution in [2.45, 2.75) is 37.0 Å². The maximum Gasteiger partial charge on any atom is 0.107 e. The molecule has 2 aliphatic heterocycles. The lowest BCUT2D eigenvalue weighted by atomic mass is 9.89. The Morgan fingerprint density at radius 2 is 1.27 bits per heavy atom. The number of likely N-dealkylation sites (tertiary alicyclic amines) is 1. The Balaban J connectivity index is 1.19. The number of rotatable bonds is 5. The molecule has 0 amide bonds. The fraction of sp³-hybridized carbons (Fsp3) is 0.478. The van der Waals surface area contributed by atoms with E-state index in [0.29, 0.717) is 0 Å². The lowest BCUT2D eigenvalue weighted by molar-refractivity contribution is -0.227. The van der Waals surface area contributed by atoms with Crippen LogP contribution in [0.15, 0.2) is 60.7 Å². The molecule has 0 unspecified atom stereocenters. The van der Waals surface area contributed by atoms with Gasteiger partial charge in [-0.25, -0.2) is 0 Å². The lowest BCUT2D eigenvalue weighted by Gasteiger charge is -2.56. The zero-order chi connectivity index (χ0) is 17.5. The Morgan fingerprint density at radius 1 is 0.692 bits per heavy atom. The van der Waals surface area contributed by atoms with Crippen LogP contribution in [-0.4, -0.2) is 53.7 Å². The standard InChI is InChI=1S/C23H28N2O/c1-3-7-20(8-4-1)11-14-24-17-23(18-24)19-25(16-22(26-23)12-13-22)15-21-9-5-2-6-10-21/h1-10H,11-19H2. The fourth-order valence-electron chi connectivity index (χ4n) is 4.77. The molecule has 2 aromatic rings. The van der Waals surface area contributed by atoms with E-state index in [9.17, 15) is 0 Å². The third-order valence-corrected chi connectivity index (χ3v) is 6.10. The normalized spacial score (nSPS) is 23.8. The van der Waals surface area contributed by atoms with E-state index in [-0.39, 0.29) is 11.2 Å². The number of nitrogens with zero attached hydrogens (tertiary/aromatic N) is 2. The van der Waals surface area contributed by atoms with Gasteiger partial charge in [0, 0.05) is 39.3 Å². The molecule has 1 saturated carbocycles. The zero-order valence-corrected chi connectivity index (χ0v) is 15.4. The van der Waals surface area contributed by atoms with Gasteiger partial charge >= 0.3 is 0 Å². The largest absolute Gasteiger partial charge is 0.363 e. The maximum atomic E-state index is 6.68. The number of morpholine rings is 1. The third-order valence-electron chi connectivity index (χ3n) is 6.10. The smallest absolute Gasteiger partial charge is 0.107 e. The van der Waals surface area contributed by atoms with Crippen LogP contribution in [0.5, 0.6) is 0 Å². The number of benzene rings is 2. The minimum Gasteiger partial charge on any atom is -0.363 e. The van der Waals surface area contributed by atoms with E-state index < -0.39 is 0 Å². The molecule has 136 valence electrons. The minimum absolute atomic E-state index is 0.0697. The molecule has 3 heteroatoms. The highest BCUT2D eigenvalue weighted by molar-refractivity contribution is 5.18. The Morgan fingerprint density at radius 3 is 1.92 bits per heavy atom. The average molecular weight is 348 g/mol. The van der Waals surface area contributed by atoms with E-state index in [2.05, 4.69) is 70.5 Å². The summed E-state index contributed by atoms with van der Waals surface area (Å²) in [6, 6.07) is 21.7. The molecule has 2 saturated heterocycles. The average Bonchev–Trinajstić information content (AvgIpc) is 3.37. The quantitative estimate of drug-likeness (QED) is 0.824. The summed E-state index contributed by atoms with van der Waals surface area (Å²) in [4.78, 5) is 5.20. The summed E-state index contributed by atoms with van der Waals surface area (Å²) in [6.45, 7) is 6.55. The molecule has 2 heterocycles. The first-order valence-corrected chi connectivity index (χ1v) is 9.96. The van der Waals surface area contributed by atoms with Crippen molar-refractivity contribution in [2.75, 3.05) is 32.7 Å². The molecule has 3 nitrogen and oxygen atoms in total. The van der Waals surface area contributed by atoms with Crippen molar-refractivity contribution in [3.05, 3.63) is 71.8 Å². The molecular weight excluding hydrogens is 320 g/mol. The highest BCUT2D eigenvalue weighted by Crippen LogP contribution is 2.49. The molecule has 0 bridgehead atoms. The highest BCUT2D eigenvalue weighted by Gasteiger charge is 2.58. The van der Waals surface area contributed by atoms with Crippen molar-refractivity contribution in [1.29, 1.82) is 0 Å². The molecule has 2 aromatic carbocycles. The first kappa shape index (κ1) is 16.5. The van der Waals surface area contributed by atoms with Gasteiger partial charge in [0.05, 0.1) is 5.60 Å². The monoisotopic (exact) mass is 348 g/mol. The van der Waals surface area contributed by atoms with E-state index >= 15 is 0 Å². The van der Waals surface area contributed by atoms with Crippen LogP contribution in [0.1, 0.15) is 24.0 Å². The first-order valence-electron chi connectivity index (χ1n) is 9.96. The van der Waals surface area contributed by atoms with Gasteiger partial charge in [-0.05, 0) is 30.4 Å². The third kappa shape index (κ3) is 3.44. The lowest BCUT2D eigenvalue weighted by Crippen LogP contribution is -2.72. The molecule has 3 fully saturated rings. The van der Waals surface area contributed by atoms with E-state index in [1.807, 2.05) is 0 Å². The van der Waals surface area contributed by atoms with E-state index in [0.717, 1.165) is 45.7 Å². The van der Waals surface area contributed by atoms with Crippen LogP contribution in [-0.2, 0) is 17.7 Å². The highest BCUT2D eigenvalue weighted by atomic mass is 16.5. The van der Waals surface area contributed by atoms with Crippen LogP contribution < -0.4 is 0 Å². The van der Waals surface area contributed by atoms with Crippen LogP contribution in [0.3, 0.4) is 0 Å². The SMILES string of the molecule is c1ccc(CCN2CC3(CN(Cc4ccccc4)CC4(CC4)O3)C2)cc1. The predicted octanol–water partition coefficient (Wildman–Crippen LogP) is 3.35. The van der Waals surface area contributed by atoms with Crippen molar-refractivity contribution in [3.8, 4) is 0 Å². The summed E-state index contributed by atoms with van der Waals surface area (Å²) in [5, 5.41) is 0. The van der Waals surface area contributed by atoms with Gasteiger partial charge in [-0.3, -0.25) is 9.80 Å². The molecule has 3 aliphatic rings. The van der Waals surface area contributed by atoms with Gasteiger partial charge in [0.25, 0.3) is 0 Å². The van der Waals surface area contributed by atoms with Crippen molar-refractivity contribution in [1.82, 2.24) is 9.80 Å². The van der Waals surface area contributed by atoms with E-state index in [1.165, 1.54) is 24.0 Å². The number of ether oxygens (including phenoxy) is 1. The van der Waals surface area contributed by atoms with Gasteiger partial charge in [0.2, 0.25) is 0 Å². The van der Waals surface area contributed by atoms with Gasteiger partial charge in [-0.1, -0.05) is 60.7 Å². The van der Waals surface area contributed by atoms with E-state index in [4.69, 9.17) is 4.74 Å². The van der Waals surface area contributed by atoms with Gasteiger partial charge in [0.1, 0.15) is 5.60 Å². The van der Waals surface area contributed by atoms with Crippen LogP contribution in [0.2, 0.25) is 0 Å². The summed E-state index contributed by atoms with van der Waals surface area (Å²) in [5.41, 5.74) is 3.08. The molecular formula is C23H28N2O. The van der Waals surface area contributed by atoms with Gasteiger partial charge in [-0.15, -0.1) is 0 Å². The summed E-state index contributed by atoms with van der Waals surface area (Å²) in [7, 11) is 0.